The van der Waals surface area contributed by atoms with Crippen LogP contribution in [0.3, 0.4) is 0 Å². The summed E-state index contributed by atoms with van der Waals surface area (Å²) < 4.78 is 30.5. The SMILES string of the molecule is CCCCc1nc(SC)c(C(C)(O)C(=O)O)n1Cc1ccc(-c2ccccc2S(=O)(=O)NC(=O)Cc2ccccc2)cc1. The highest BCUT2D eigenvalue weighted by molar-refractivity contribution is 7.98. The standard InChI is InChI=1S/C32H35N3O6S2/c1-4-5-15-27-33-30(42-3)29(32(2,39)31(37)38)35(27)21-23-16-18-24(19-17-23)25-13-9-10-14-26(25)43(40,41)34-28(36)20-22-11-7-6-8-12-22/h6-14,16-19,39H,4-5,15,20-21H2,1-3H3,(H,34,36)(H,37,38). The van der Waals surface area contributed by atoms with Crippen molar-refractivity contribution in [3.05, 3.63) is 102 Å². The normalized spacial score (nSPS) is 12.9. The van der Waals surface area contributed by atoms with Gasteiger partial charge in [-0.25, -0.2) is 22.9 Å². The Labute approximate surface area is 256 Å². The Bertz CT molecular complexity index is 1700. The Balaban J connectivity index is 1.64. The first-order chi connectivity index (χ1) is 20.5. The second-order valence-corrected chi connectivity index (χ2v) is 12.8. The highest BCUT2D eigenvalue weighted by Crippen LogP contribution is 2.33. The number of unbranched alkanes of at least 4 members (excludes halogenated alkanes) is 1. The summed E-state index contributed by atoms with van der Waals surface area (Å²) in [5.41, 5.74) is 0.649. The van der Waals surface area contributed by atoms with E-state index in [1.54, 1.807) is 65.4 Å². The molecule has 0 radical (unpaired) electrons. The molecule has 1 unspecified atom stereocenters. The third kappa shape index (κ3) is 7.35. The molecule has 9 nitrogen and oxygen atoms in total. The van der Waals surface area contributed by atoms with Crippen molar-refractivity contribution in [3.63, 3.8) is 0 Å². The van der Waals surface area contributed by atoms with Gasteiger partial charge >= 0.3 is 5.97 Å². The first-order valence-electron chi connectivity index (χ1n) is 13.9. The molecule has 3 aromatic carbocycles. The van der Waals surface area contributed by atoms with Crippen LogP contribution in [-0.4, -0.2) is 46.3 Å². The highest BCUT2D eigenvalue weighted by Gasteiger charge is 2.39. The monoisotopic (exact) mass is 621 g/mol. The fourth-order valence-electron chi connectivity index (χ4n) is 4.82. The van der Waals surface area contributed by atoms with Crippen molar-refractivity contribution in [2.75, 3.05) is 6.26 Å². The fourth-order valence-corrected chi connectivity index (χ4v) is 6.73. The van der Waals surface area contributed by atoms with Gasteiger partial charge in [0.25, 0.3) is 10.0 Å². The molecule has 0 fully saturated rings. The van der Waals surface area contributed by atoms with Crippen LogP contribution in [0.25, 0.3) is 11.1 Å². The average molecular weight is 622 g/mol. The summed E-state index contributed by atoms with van der Waals surface area (Å²) in [6.07, 6.45) is 4.13. The molecule has 226 valence electrons. The number of hydrogen-bond acceptors (Lipinski definition) is 7. The van der Waals surface area contributed by atoms with Crippen molar-refractivity contribution in [1.29, 1.82) is 0 Å². The Hall–Kier alpha value is -3.93. The predicted octanol–water partition coefficient (Wildman–Crippen LogP) is 5.00. The van der Waals surface area contributed by atoms with Crippen molar-refractivity contribution in [2.45, 2.75) is 61.6 Å². The van der Waals surface area contributed by atoms with E-state index in [-0.39, 0.29) is 23.6 Å². The number of carbonyl (C=O) groups excluding carboxylic acids is 1. The molecular weight excluding hydrogens is 587 g/mol. The van der Waals surface area contributed by atoms with Crippen molar-refractivity contribution in [3.8, 4) is 11.1 Å². The van der Waals surface area contributed by atoms with Crippen LogP contribution in [0, 0.1) is 0 Å². The summed E-state index contributed by atoms with van der Waals surface area (Å²) in [7, 11) is -4.16. The minimum absolute atomic E-state index is 0.0231. The van der Waals surface area contributed by atoms with Gasteiger partial charge in [-0.3, -0.25) is 4.79 Å². The number of aliphatic carboxylic acids is 1. The van der Waals surface area contributed by atoms with Crippen LogP contribution in [-0.2, 0) is 44.6 Å². The zero-order valence-corrected chi connectivity index (χ0v) is 25.9. The lowest BCUT2D eigenvalue weighted by molar-refractivity contribution is -0.158. The van der Waals surface area contributed by atoms with Crippen LogP contribution >= 0.6 is 11.8 Å². The topological polar surface area (TPSA) is 139 Å². The maximum atomic E-state index is 13.3. The molecule has 4 rings (SSSR count). The van der Waals surface area contributed by atoms with Gasteiger partial charge in [0, 0.05) is 18.5 Å². The number of nitrogens with zero attached hydrogens (tertiary/aromatic N) is 2. The maximum Gasteiger partial charge on any atom is 0.341 e. The number of rotatable bonds is 13. The van der Waals surface area contributed by atoms with E-state index in [0.717, 1.165) is 18.4 Å². The van der Waals surface area contributed by atoms with Gasteiger partial charge < -0.3 is 14.8 Å². The van der Waals surface area contributed by atoms with Crippen LogP contribution in [0.5, 0.6) is 0 Å². The number of aryl methyl sites for hydroxylation is 1. The molecule has 0 saturated heterocycles. The minimum atomic E-state index is -4.16. The van der Waals surface area contributed by atoms with Gasteiger partial charge in [0.15, 0.2) is 0 Å². The summed E-state index contributed by atoms with van der Waals surface area (Å²) in [5.74, 6) is -1.31. The molecule has 0 aliphatic rings. The van der Waals surface area contributed by atoms with Crippen molar-refractivity contribution in [1.82, 2.24) is 14.3 Å². The van der Waals surface area contributed by atoms with Crippen molar-refractivity contribution >= 4 is 33.7 Å². The number of aromatic nitrogens is 2. The van der Waals surface area contributed by atoms with Gasteiger partial charge in [-0.15, -0.1) is 11.8 Å². The van der Waals surface area contributed by atoms with E-state index in [1.165, 1.54) is 24.8 Å². The average Bonchev–Trinajstić information content (AvgIpc) is 3.34. The summed E-state index contributed by atoms with van der Waals surface area (Å²) in [4.78, 5) is 29.2. The molecule has 1 atom stereocenters. The molecule has 0 aliphatic carbocycles. The number of carboxylic acid groups (broad SMARTS) is 1. The van der Waals surface area contributed by atoms with E-state index >= 15 is 0 Å². The lowest BCUT2D eigenvalue weighted by Crippen LogP contribution is -2.35. The molecule has 11 heteroatoms. The van der Waals surface area contributed by atoms with Gasteiger partial charge in [-0.1, -0.05) is 86.1 Å². The molecular formula is C32H35N3O6S2. The zero-order valence-electron chi connectivity index (χ0n) is 24.3. The maximum absolute atomic E-state index is 13.3. The molecule has 0 saturated carbocycles. The Morgan fingerprint density at radius 3 is 2.26 bits per heavy atom. The number of sulfonamides is 1. The smallest absolute Gasteiger partial charge is 0.341 e. The van der Waals surface area contributed by atoms with Crippen molar-refractivity contribution < 1.29 is 28.2 Å². The number of imidazole rings is 1. The minimum Gasteiger partial charge on any atom is -0.479 e. The molecule has 1 heterocycles. The fraction of sp³-hybridized carbons (Fsp3) is 0.281. The molecule has 0 spiro atoms. The van der Waals surface area contributed by atoms with E-state index in [0.29, 0.717) is 34.0 Å². The quantitative estimate of drug-likeness (QED) is 0.177. The number of aliphatic hydroxyl groups is 1. The number of thioether (sulfide) groups is 1. The molecule has 3 N–H and O–H groups in total. The van der Waals surface area contributed by atoms with Crippen LogP contribution in [0.2, 0.25) is 0 Å². The summed E-state index contributed by atoms with van der Waals surface area (Å²) in [6.45, 7) is 3.58. The molecule has 43 heavy (non-hydrogen) atoms. The lowest BCUT2D eigenvalue weighted by atomic mass is 10.0. The molecule has 0 aliphatic heterocycles. The van der Waals surface area contributed by atoms with Gasteiger partial charge in [-0.2, -0.15) is 0 Å². The number of amides is 1. The van der Waals surface area contributed by atoms with Crippen LogP contribution in [0.4, 0.5) is 0 Å². The molecule has 1 aromatic heterocycles. The first-order valence-corrected chi connectivity index (χ1v) is 16.6. The van der Waals surface area contributed by atoms with E-state index in [1.807, 2.05) is 18.2 Å². The van der Waals surface area contributed by atoms with Crippen molar-refractivity contribution in [2.24, 2.45) is 0 Å². The van der Waals surface area contributed by atoms with E-state index in [4.69, 9.17) is 0 Å². The van der Waals surface area contributed by atoms with E-state index in [9.17, 15) is 28.2 Å². The van der Waals surface area contributed by atoms with Gasteiger partial charge in [0.05, 0.1) is 17.0 Å². The lowest BCUT2D eigenvalue weighted by Gasteiger charge is -2.22. The molecule has 4 aromatic rings. The van der Waals surface area contributed by atoms with Crippen LogP contribution in [0.1, 0.15) is 49.3 Å². The zero-order chi connectivity index (χ0) is 31.2. The molecule has 0 bridgehead atoms. The van der Waals surface area contributed by atoms with Crippen LogP contribution < -0.4 is 4.72 Å². The largest absolute Gasteiger partial charge is 0.479 e. The van der Waals surface area contributed by atoms with Gasteiger partial charge in [-0.05, 0) is 42.4 Å². The summed E-state index contributed by atoms with van der Waals surface area (Å²) in [5, 5.41) is 21.2. The predicted molar refractivity (Wildman–Crippen MR) is 166 cm³/mol. The number of hydrogen-bond donors (Lipinski definition) is 3. The third-order valence-corrected chi connectivity index (χ3v) is 9.18. The van der Waals surface area contributed by atoms with Gasteiger partial charge in [0.2, 0.25) is 11.5 Å². The summed E-state index contributed by atoms with van der Waals surface area (Å²) in [6, 6.07) is 22.6. The first kappa shape index (κ1) is 32.0. The summed E-state index contributed by atoms with van der Waals surface area (Å²) >= 11 is 1.28. The number of carbonyl (C=O) groups is 2. The Kier molecular flexibility index (Phi) is 10.1. The Morgan fingerprint density at radius 1 is 0.977 bits per heavy atom. The number of benzene rings is 3. The van der Waals surface area contributed by atoms with Gasteiger partial charge in [0.1, 0.15) is 10.9 Å². The van der Waals surface area contributed by atoms with Crippen LogP contribution in [0.15, 0.2) is 88.8 Å². The highest BCUT2D eigenvalue weighted by atomic mass is 32.2. The Morgan fingerprint density at radius 2 is 1.63 bits per heavy atom. The van der Waals surface area contributed by atoms with E-state index < -0.39 is 27.5 Å². The van der Waals surface area contributed by atoms with E-state index in [2.05, 4.69) is 16.6 Å². The molecule has 1 amide bonds. The number of nitrogens with one attached hydrogen (secondary N) is 1. The second-order valence-electron chi connectivity index (χ2n) is 10.3. The number of carboxylic acids is 1. The second kappa shape index (κ2) is 13.6. The third-order valence-electron chi connectivity index (χ3n) is 7.08.